The highest BCUT2D eigenvalue weighted by Gasteiger charge is 2.42. The van der Waals surface area contributed by atoms with Gasteiger partial charge in [0.2, 0.25) is 0 Å². The summed E-state index contributed by atoms with van der Waals surface area (Å²) in [6.07, 6.45) is 2.22. The first-order valence-electron chi connectivity index (χ1n) is 6.51. The summed E-state index contributed by atoms with van der Waals surface area (Å²) in [7, 11) is 2.05. The smallest absolute Gasteiger partial charge is 0.408 e. The van der Waals surface area contributed by atoms with Crippen LogP contribution in [0.15, 0.2) is 27.4 Å². The standard InChI is InChI=1S/C14H18N2O3/c1-16(8-14(9-17)4-5-14)7-10-2-3-11-12(6-10)19-13(18)15-11/h2-3,6,17H,4-5,7-9H2,1H3,(H,15,18). The lowest BCUT2D eigenvalue weighted by Crippen LogP contribution is -2.28. The van der Waals surface area contributed by atoms with E-state index in [1.807, 2.05) is 25.2 Å². The Kier molecular flexibility index (Phi) is 2.95. The van der Waals surface area contributed by atoms with Crippen molar-refractivity contribution in [3.05, 3.63) is 34.3 Å². The van der Waals surface area contributed by atoms with Crippen molar-refractivity contribution in [3.8, 4) is 0 Å². The first-order chi connectivity index (χ1) is 9.10. The molecule has 1 aromatic heterocycles. The van der Waals surface area contributed by atoms with Crippen LogP contribution < -0.4 is 5.76 Å². The molecule has 1 heterocycles. The van der Waals surface area contributed by atoms with Gasteiger partial charge in [0.1, 0.15) is 0 Å². The minimum atomic E-state index is -0.419. The van der Waals surface area contributed by atoms with Gasteiger partial charge in [-0.25, -0.2) is 4.79 Å². The van der Waals surface area contributed by atoms with Crippen LogP contribution >= 0.6 is 0 Å². The minimum Gasteiger partial charge on any atom is -0.408 e. The van der Waals surface area contributed by atoms with Gasteiger partial charge in [0.05, 0.1) is 5.52 Å². The fourth-order valence-corrected chi connectivity index (χ4v) is 2.57. The third-order valence-electron chi connectivity index (χ3n) is 3.84. The molecule has 3 rings (SSSR count). The van der Waals surface area contributed by atoms with Gasteiger partial charge in [-0.15, -0.1) is 0 Å². The maximum Gasteiger partial charge on any atom is 0.417 e. The summed E-state index contributed by atoms with van der Waals surface area (Å²) in [5, 5.41) is 9.34. The zero-order valence-electron chi connectivity index (χ0n) is 11.0. The summed E-state index contributed by atoms with van der Waals surface area (Å²) in [4.78, 5) is 15.9. The summed E-state index contributed by atoms with van der Waals surface area (Å²) in [5.41, 5.74) is 2.55. The van der Waals surface area contributed by atoms with Crippen LogP contribution in [0.3, 0.4) is 0 Å². The Bertz CT molecular complexity index is 639. The van der Waals surface area contributed by atoms with E-state index in [2.05, 4.69) is 9.88 Å². The van der Waals surface area contributed by atoms with Crippen LogP contribution in [0.25, 0.3) is 11.1 Å². The molecule has 0 bridgehead atoms. The van der Waals surface area contributed by atoms with Crippen molar-refractivity contribution in [1.29, 1.82) is 0 Å². The van der Waals surface area contributed by atoms with Gasteiger partial charge in [0.25, 0.3) is 0 Å². The zero-order valence-corrected chi connectivity index (χ0v) is 11.0. The second-order valence-electron chi connectivity index (χ2n) is 5.68. The second kappa shape index (κ2) is 4.51. The van der Waals surface area contributed by atoms with E-state index in [0.29, 0.717) is 5.58 Å². The lowest BCUT2D eigenvalue weighted by Gasteiger charge is -2.22. The molecule has 0 atom stereocenters. The second-order valence-corrected chi connectivity index (χ2v) is 5.68. The van der Waals surface area contributed by atoms with Crippen molar-refractivity contribution in [2.75, 3.05) is 20.2 Å². The lowest BCUT2D eigenvalue weighted by molar-refractivity contribution is 0.161. The summed E-state index contributed by atoms with van der Waals surface area (Å²) >= 11 is 0. The van der Waals surface area contributed by atoms with Crippen molar-refractivity contribution in [2.45, 2.75) is 19.4 Å². The number of hydrogen-bond donors (Lipinski definition) is 2. The fraction of sp³-hybridized carbons (Fsp3) is 0.500. The number of aromatic amines is 1. The highest BCUT2D eigenvalue weighted by atomic mass is 16.4. The summed E-state index contributed by atoms with van der Waals surface area (Å²) < 4.78 is 5.05. The molecular weight excluding hydrogens is 244 g/mol. The third kappa shape index (κ3) is 2.57. The molecule has 0 aliphatic heterocycles. The van der Waals surface area contributed by atoms with E-state index in [-0.39, 0.29) is 12.0 Å². The van der Waals surface area contributed by atoms with Crippen molar-refractivity contribution < 1.29 is 9.52 Å². The molecule has 5 heteroatoms. The molecule has 1 aromatic carbocycles. The molecule has 1 saturated carbocycles. The number of nitrogens with zero attached hydrogens (tertiary/aromatic N) is 1. The monoisotopic (exact) mass is 262 g/mol. The zero-order chi connectivity index (χ0) is 13.5. The summed E-state index contributed by atoms with van der Waals surface area (Å²) in [5.74, 6) is -0.419. The van der Waals surface area contributed by atoms with Gasteiger partial charge in [-0.1, -0.05) is 6.07 Å². The maximum absolute atomic E-state index is 11.1. The Morgan fingerprint density at radius 1 is 1.47 bits per heavy atom. The quantitative estimate of drug-likeness (QED) is 0.852. The number of aromatic nitrogens is 1. The fourth-order valence-electron chi connectivity index (χ4n) is 2.57. The number of oxazole rings is 1. The summed E-state index contributed by atoms with van der Waals surface area (Å²) in [6, 6.07) is 5.74. The first-order valence-corrected chi connectivity index (χ1v) is 6.51. The van der Waals surface area contributed by atoms with Gasteiger partial charge >= 0.3 is 5.76 Å². The number of fused-ring (bicyclic) bond motifs is 1. The number of nitrogens with one attached hydrogen (secondary N) is 1. The van der Waals surface area contributed by atoms with E-state index in [9.17, 15) is 9.90 Å². The van der Waals surface area contributed by atoms with Gasteiger partial charge < -0.3 is 14.4 Å². The maximum atomic E-state index is 11.1. The van der Waals surface area contributed by atoms with E-state index >= 15 is 0 Å². The third-order valence-corrected chi connectivity index (χ3v) is 3.84. The number of aliphatic hydroxyl groups is 1. The van der Waals surface area contributed by atoms with Crippen LogP contribution in [-0.4, -0.2) is 35.2 Å². The molecule has 0 spiro atoms. The molecule has 0 radical (unpaired) electrons. The number of hydrogen-bond acceptors (Lipinski definition) is 4. The van der Waals surface area contributed by atoms with Crippen molar-refractivity contribution >= 4 is 11.1 Å². The molecule has 0 unspecified atom stereocenters. The van der Waals surface area contributed by atoms with Crippen molar-refractivity contribution in [2.24, 2.45) is 5.41 Å². The average Bonchev–Trinajstić information content (AvgIpc) is 3.03. The molecule has 1 aliphatic carbocycles. The minimum absolute atomic E-state index is 0.125. The van der Waals surface area contributed by atoms with Crippen LogP contribution in [0, 0.1) is 5.41 Å². The molecular formula is C14H18N2O3. The van der Waals surface area contributed by atoms with E-state index in [4.69, 9.17) is 4.42 Å². The highest BCUT2D eigenvalue weighted by molar-refractivity contribution is 5.72. The number of aliphatic hydroxyl groups excluding tert-OH is 1. The van der Waals surface area contributed by atoms with Gasteiger partial charge in [-0.3, -0.25) is 4.98 Å². The molecule has 102 valence electrons. The van der Waals surface area contributed by atoms with Crippen LogP contribution in [0.5, 0.6) is 0 Å². The molecule has 2 aromatic rings. The number of rotatable bonds is 5. The van der Waals surface area contributed by atoms with E-state index in [1.165, 1.54) is 0 Å². The van der Waals surface area contributed by atoms with Crippen LogP contribution in [0.4, 0.5) is 0 Å². The van der Waals surface area contributed by atoms with Gasteiger partial charge in [-0.2, -0.15) is 0 Å². The SMILES string of the molecule is CN(Cc1ccc2[nH]c(=O)oc2c1)CC1(CO)CC1. The Morgan fingerprint density at radius 2 is 2.26 bits per heavy atom. The molecule has 19 heavy (non-hydrogen) atoms. The Morgan fingerprint density at radius 3 is 2.95 bits per heavy atom. The molecule has 0 saturated heterocycles. The Balaban J connectivity index is 1.72. The predicted molar refractivity (Wildman–Crippen MR) is 71.9 cm³/mol. The van der Waals surface area contributed by atoms with Crippen molar-refractivity contribution in [3.63, 3.8) is 0 Å². The lowest BCUT2D eigenvalue weighted by atomic mass is 10.1. The molecule has 1 aliphatic rings. The summed E-state index contributed by atoms with van der Waals surface area (Å²) in [6.45, 7) is 1.95. The molecule has 5 nitrogen and oxygen atoms in total. The number of benzene rings is 1. The topological polar surface area (TPSA) is 69.5 Å². The normalized spacial score (nSPS) is 17.2. The van der Waals surface area contributed by atoms with Gasteiger partial charge in [-0.05, 0) is 37.6 Å². The van der Waals surface area contributed by atoms with Gasteiger partial charge in [0, 0.05) is 25.1 Å². The van der Waals surface area contributed by atoms with Gasteiger partial charge in [0.15, 0.2) is 5.58 Å². The molecule has 0 amide bonds. The first kappa shape index (κ1) is 12.4. The number of H-pyrrole nitrogens is 1. The van der Waals surface area contributed by atoms with E-state index in [0.717, 1.165) is 37.0 Å². The highest BCUT2D eigenvalue weighted by Crippen LogP contribution is 2.45. The van der Waals surface area contributed by atoms with E-state index in [1.54, 1.807) is 0 Å². The van der Waals surface area contributed by atoms with Crippen molar-refractivity contribution in [1.82, 2.24) is 9.88 Å². The Labute approximate surface area is 110 Å². The Hall–Kier alpha value is -1.59. The largest absolute Gasteiger partial charge is 0.417 e. The average molecular weight is 262 g/mol. The molecule has 2 N–H and O–H groups in total. The predicted octanol–water partition coefficient (Wildman–Crippen LogP) is 1.33. The van der Waals surface area contributed by atoms with Crippen LogP contribution in [0.1, 0.15) is 18.4 Å². The van der Waals surface area contributed by atoms with E-state index < -0.39 is 5.76 Å². The van der Waals surface area contributed by atoms with Crippen LogP contribution in [-0.2, 0) is 6.54 Å². The van der Waals surface area contributed by atoms with Crippen LogP contribution in [0.2, 0.25) is 0 Å². The molecule has 1 fully saturated rings.